The van der Waals surface area contributed by atoms with Crippen LogP contribution in [0.15, 0.2) is 36.4 Å². The van der Waals surface area contributed by atoms with Gasteiger partial charge in [-0.1, -0.05) is 23.7 Å². The second kappa shape index (κ2) is 11.8. The molecule has 2 aromatic rings. The fraction of sp³-hybridized carbons (Fsp3) is 0.400. The summed E-state index contributed by atoms with van der Waals surface area (Å²) >= 11 is 6.16. The number of nitrogens with one attached hydrogen (secondary N) is 1. The van der Waals surface area contributed by atoms with Crippen LogP contribution in [0, 0.1) is 5.41 Å². The van der Waals surface area contributed by atoms with Gasteiger partial charge in [0.15, 0.2) is 5.78 Å². The number of carbonyl (C=O) groups excluding carboxylic acids is 3. The number of amides is 1. The van der Waals surface area contributed by atoms with Gasteiger partial charge in [0.1, 0.15) is 23.6 Å². The molecule has 11 heteroatoms. The lowest BCUT2D eigenvalue weighted by Gasteiger charge is -2.26. The van der Waals surface area contributed by atoms with Crippen LogP contribution in [0.5, 0.6) is 5.75 Å². The number of hydrogen-bond acceptors (Lipinski definition) is 4. The zero-order chi connectivity index (χ0) is 27.3. The third-order valence-corrected chi connectivity index (χ3v) is 5.95. The van der Waals surface area contributed by atoms with E-state index >= 15 is 0 Å². The lowest BCUT2D eigenvalue weighted by Crippen LogP contribution is -2.39. The smallest absolute Gasteiger partial charge is 0.400 e. The van der Waals surface area contributed by atoms with E-state index in [1.807, 2.05) is 0 Å². The molecule has 0 spiro atoms. The molecule has 196 valence electrons. The minimum absolute atomic E-state index is 0.0210. The summed E-state index contributed by atoms with van der Waals surface area (Å²) in [5.41, 5.74) is -1.60. The second-order valence-electron chi connectivity index (χ2n) is 8.57. The monoisotopic (exact) mass is 533 g/mol. The van der Waals surface area contributed by atoms with Crippen molar-refractivity contribution in [3.8, 4) is 5.75 Å². The minimum atomic E-state index is -4.68. The van der Waals surface area contributed by atoms with Crippen LogP contribution in [-0.2, 0) is 17.6 Å². The zero-order valence-electron chi connectivity index (χ0n) is 19.8. The Hall–Kier alpha value is -3.01. The summed E-state index contributed by atoms with van der Waals surface area (Å²) in [5, 5.41) is 2.48. The van der Waals surface area contributed by atoms with E-state index < -0.39 is 42.1 Å². The molecule has 36 heavy (non-hydrogen) atoms. The number of rotatable bonds is 11. The first kappa shape index (κ1) is 29.2. The van der Waals surface area contributed by atoms with Crippen LogP contribution in [0.1, 0.15) is 52.1 Å². The molecule has 0 aliphatic heterocycles. The molecule has 0 aliphatic carbocycles. The third kappa shape index (κ3) is 7.25. The van der Waals surface area contributed by atoms with E-state index in [1.165, 1.54) is 43.4 Å². The van der Waals surface area contributed by atoms with Crippen molar-refractivity contribution < 1.29 is 41.1 Å². The van der Waals surface area contributed by atoms with Crippen LogP contribution in [0.25, 0.3) is 0 Å². The van der Waals surface area contributed by atoms with E-state index in [-0.39, 0.29) is 41.2 Å². The highest BCUT2D eigenvalue weighted by Crippen LogP contribution is 2.39. The summed E-state index contributed by atoms with van der Waals surface area (Å²) < 4.78 is 69.3. The van der Waals surface area contributed by atoms with Crippen LogP contribution in [0.2, 0.25) is 5.02 Å². The van der Waals surface area contributed by atoms with Gasteiger partial charge in [0, 0.05) is 25.5 Å². The molecular formula is C25H25ClF5NO4. The first-order valence-electron chi connectivity index (χ1n) is 10.8. The number of halogens is 6. The van der Waals surface area contributed by atoms with Crippen molar-refractivity contribution >= 4 is 29.1 Å². The van der Waals surface area contributed by atoms with Crippen LogP contribution >= 0.6 is 11.6 Å². The van der Waals surface area contributed by atoms with Crippen LogP contribution in [-0.4, -0.2) is 43.7 Å². The summed E-state index contributed by atoms with van der Waals surface area (Å²) in [7, 11) is 1.35. The van der Waals surface area contributed by atoms with E-state index in [2.05, 4.69) is 5.32 Å². The van der Waals surface area contributed by atoms with Crippen molar-refractivity contribution in [3.63, 3.8) is 0 Å². The van der Waals surface area contributed by atoms with Crippen LogP contribution in [0.4, 0.5) is 22.0 Å². The fourth-order valence-electron chi connectivity index (χ4n) is 3.23. The molecule has 0 unspecified atom stereocenters. The molecule has 0 aliphatic rings. The van der Waals surface area contributed by atoms with Gasteiger partial charge in [0.05, 0.1) is 10.6 Å². The van der Waals surface area contributed by atoms with E-state index in [0.717, 1.165) is 13.8 Å². The molecule has 5 nitrogen and oxygen atoms in total. The summed E-state index contributed by atoms with van der Waals surface area (Å²) in [6.45, 7) is 0.735. The highest BCUT2D eigenvalue weighted by atomic mass is 35.5. The Morgan fingerprint density at radius 3 is 2.19 bits per heavy atom. The largest absolute Gasteiger partial charge is 0.487 e. The first-order valence-corrected chi connectivity index (χ1v) is 11.2. The van der Waals surface area contributed by atoms with Crippen molar-refractivity contribution in [1.82, 2.24) is 5.32 Å². The summed E-state index contributed by atoms with van der Waals surface area (Å²) in [6, 6.07) is 8.44. The molecule has 1 amide bonds. The number of carbonyl (C=O) groups is 3. The molecule has 1 N–H and O–H groups in total. The maximum Gasteiger partial charge on any atom is 0.400 e. The van der Waals surface area contributed by atoms with E-state index in [1.54, 1.807) is 0 Å². The van der Waals surface area contributed by atoms with Crippen LogP contribution in [0.3, 0.4) is 0 Å². The average Bonchev–Trinajstić information content (AvgIpc) is 2.80. The van der Waals surface area contributed by atoms with Crippen molar-refractivity contribution in [2.45, 2.75) is 45.7 Å². The van der Waals surface area contributed by atoms with Gasteiger partial charge >= 0.3 is 6.18 Å². The van der Waals surface area contributed by atoms with Gasteiger partial charge in [-0.3, -0.25) is 14.4 Å². The Kier molecular flexibility index (Phi) is 9.59. The molecule has 0 heterocycles. The number of benzene rings is 2. The topological polar surface area (TPSA) is 72.5 Å². The van der Waals surface area contributed by atoms with Gasteiger partial charge in [-0.15, -0.1) is 0 Å². The molecule has 0 atom stereocenters. The standard InChI is InChI=1S/C25H25ClF5NO4/c1-24(2,25(29,30)31)21(34)9-6-14-4-7-18(26)16(10-14)19(33)12-15-5-8-20(36-13-22(27)28)17(11-15)23(35)32-3/h4-5,7-8,10-11,22H,6,9,12-13H2,1-3H3,(H,32,35). The predicted octanol–water partition coefficient (Wildman–Crippen LogP) is 5.86. The van der Waals surface area contributed by atoms with Gasteiger partial charge in [0.25, 0.3) is 12.3 Å². The number of hydrogen-bond donors (Lipinski definition) is 1. The predicted molar refractivity (Wildman–Crippen MR) is 124 cm³/mol. The first-order chi connectivity index (χ1) is 16.7. The molecule has 2 rings (SSSR count). The Balaban J connectivity index is 2.21. The lowest BCUT2D eigenvalue weighted by molar-refractivity contribution is -0.210. The number of Topliss-reactive ketones (excluding diaryl/α,β-unsaturated/α-hetero) is 2. The SMILES string of the molecule is CNC(=O)c1cc(CC(=O)c2cc(CCC(=O)C(C)(C)C(F)(F)F)ccc2Cl)ccc1OCC(F)F. The highest BCUT2D eigenvalue weighted by Gasteiger charge is 2.51. The average molecular weight is 534 g/mol. The third-order valence-electron chi connectivity index (χ3n) is 5.62. The van der Waals surface area contributed by atoms with Crippen LogP contribution < -0.4 is 10.1 Å². The molecule has 0 aromatic heterocycles. The van der Waals surface area contributed by atoms with Gasteiger partial charge in [-0.2, -0.15) is 13.2 Å². The molecule has 2 aromatic carbocycles. The van der Waals surface area contributed by atoms with E-state index in [4.69, 9.17) is 16.3 Å². The van der Waals surface area contributed by atoms with Gasteiger partial charge in [-0.25, -0.2) is 8.78 Å². The maximum atomic E-state index is 13.1. The number of ether oxygens (including phenoxy) is 1. The summed E-state index contributed by atoms with van der Waals surface area (Å²) in [6.07, 6.45) is -8.03. The zero-order valence-corrected chi connectivity index (χ0v) is 20.5. The van der Waals surface area contributed by atoms with Crippen molar-refractivity contribution in [2.75, 3.05) is 13.7 Å². The Labute approximate surface area is 210 Å². The Bertz CT molecular complexity index is 1130. The Morgan fingerprint density at radius 2 is 1.61 bits per heavy atom. The van der Waals surface area contributed by atoms with Crippen molar-refractivity contribution in [1.29, 1.82) is 0 Å². The quantitative estimate of drug-likeness (QED) is 0.290. The van der Waals surface area contributed by atoms with Crippen molar-refractivity contribution in [2.24, 2.45) is 5.41 Å². The second-order valence-corrected chi connectivity index (χ2v) is 8.98. The molecule has 0 bridgehead atoms. The summed E-state index contributed by atoms with van der Waals surface area (Å²) in [5.74, 6) is -2.10. The van der Waals surface area contributed by atoms with E-state index in [9.17, 15) is 36.3 Å². The summed E-state index contributed by atoms with van der Waals surface area (Å²) in [4.78, 5) is 37.2. The fourth-order valence-corrected chi connectivity index (χ4v) is 3.45. The number of ketones is 2. The normalized spacial score (nSPS) is 11.9. The maximum absolute atomic E-state index is 13.1. The lowest BCUT2D eigenvalue weighted by atomic mass is 9.84. The molecule has 0 saturated heterocycles. The number of alkyl halides is 5. The Morgan fingerprint density at radius 1 is 1.00 bits per heavy atom. The highest BCUT2D eigenvalue weighted by molar-refractivity contribution is 6.34. The van der Waals surface area contributed by atoms with Gasteiger partial charge in [-0.05, 0) is 55.7 Å². The molecule has 0 radical (unpaired) electrons. The molecular weight excluding hydrogens is 509 g/mol. The molecule has 0 fully saturated rings. The van der Waals surface area contributed by atoms with E-state index in [0.29, 0.717) is 11.1 Å². The molecule has 0 saturated carbocycles. The minimum Gasteiger partial charge on any atom is -0.487 e. The van der Waals surface area contributed by atoms with Gasteiger partial charge in [0.2, 0.25) is 0 Å². The van der Waals surface area contributed by atoms with Crippen molar-refractivity contribution in [3.05, 3.63) is 63.7 Å². The van der Waals surface area contributed by atoms with Gasteiger partial charge < -0.3 is 10.1 Å². The number of aryl methyl sites for hydroxylation is 1.